The van der Waals surface area contributed by atoms with Crippen LogP contribution < -0.4 is 10.6 Å². The van der Waals surface area contributed by atoms with Crippen LogP contribution in [-0.4, -0.2) is 29.1 Å². The molecule has 1 aliphatic carbocycles. The summed E-state index contributed by atoms with van der Waals surface area (Å²) < 4.78 is 0. The Balaban J connectivity index is 2.48. The SMILES string of the molecule is CC(C(=O)O)=C(C)C(=O)NC(=O)NC1CCC(C)CC1. The molecule has 0 aromatic carbocycles. The average Bonchev–Trinajstić information content (AvgIpc) is 2.39. The lowest BCUT2D eigenvalue weighted by atomic mass is 9.87. The van der Waals surface area contributed by atoms with E-state index in [9.17, 15) is 14.4 Å². The van der Waals surface area contributed by atoms with Gasteiger partial charge in [0.2, 0.25) is 0 Å². The zero-order valence-electron chi connectivity index (χ0n) is 12.2. The van der Waals surface area contributed by atoms with Gasteiger partial charge in [0.05, 0.1) is 0 Å². The molecule has 0 aromatic heterocycles. The van der Waals surface area contributed by atoms with E-state index in [1.54, 1.807) is 0 Å². The van der Waals surface area contributed by atoms with Gasteiger partial charge in [-0.1, -0.05) is 6.92 Å². The third kappa shape index (κ3) is 4.68. The zero-order chi connectivity index (χ0) is 15.3. The summed E-state index contributed by atoms with van der Waals surface area (Å²) >= 11 is 0. The van der Waals surface area contributed by atoms with Gasteiger partial charge in [-0.25, -0.2) is 9.59 Å². The Morgan fingerprint density at radius 3 is 2.05 bits per heavy atom. The number of imide groups is 1. The molecule has 1 fully saturated rings. The molecule has 6 heteroatoms. The van der Waals surface area contributed by atoms with Crippen LogP contribution in [0.2, 0.25) is 0 Å². The first-order valence-corrected chi connectivity index (χ1v) is 6.83. The normalized spacial score (nSPS) is 23.6. The molecule has 1 rings (SSSR count). The van der Waals surface area contributed by atoms with Crippen LogP contribution in [0.3, 0.4) is 0 Å². The zero-order valence-corrected chi connectivity index (χ0v) is 12.2. The van der Waals surface area contributed by atoms with Gasteiger partial charge in [-0.3, -0.25) is 10.1 Å². The predicted molar refractivity (Wildman–Crippen MR) is 74.1 cm³/mol. The number of carbonyl (C=O) groups excluding carboxylic acids is 2. The van der Waals surface area contributed by atoms with Crippen LogP contribution in [0.1, 0.15) is 46.5 Å². The molecule has 1 aliphatic rings. The highest BCUT2D eigenvalue weighted by molar-refractivity contribution is 6.07. The standard InChI is InChI=1S/C14H22N2O4/c1-8-4-6-11(7-5-8)15-14(20)16-12(17)9(2)10(3)13(18)19/h8,11H,4-7H2,1-3H3,(H,18,19)(H2,15,16,17,20). The highest BCUT2D eigenvalue weighted by Crippen LogP contribution is 2.23. The summed E-state index contributed by atoms with van der Waals surface area (Å²) in [5, 5.41) is 13.7. The van der Waals surface area contributed by atoms with Crippen LogP contribution in [0.25, 0.3) is 0 Å². The van der Waals surface area contributed by atoms with E-state index >= 15 is 0 Å². The molecule has 6 nitrogen and oxygen atoms in total. The van der Waals surface area contributed by atoms with Gasteiger partial charge in [0, 0.05) is 17.2 Å². The summed E-state index contributed by atoms with van der Waals surface area (Å²) in [6.45, 7) is 4.90. The van der Waals surface area contributed by atoms with Crippen LogP contribution in [0.4, 0.5) is 4.79 Å². The molecule has 0 saturated heterocycles. The Morgan fingerprint density at radius 1 is 1.00 bits per heavy atom. The number of aliphatic carboxylic acids is 1. The van der Waals surface area contributed by atoms with Crippen molar-refractivity contribution < 1.29 is 19.5 Å². The first-order chi connectivity index (χ1) is 9.31. The minimum absolute atomic E-state index is 0.0323. The second kappa shape index (κ2) is 7.07. The number of carboxylic acid groups (broad SMARTS) is 1. The Labute approximate surface area is 118 Å². The number of carboxylic acids is 1. The number of hydrogen-bond acceptors (Lipinski definition) is 3. The quantitative estimate of drug-likeness (QED) is 0.688. The number of rotatable bonds is 3. The maximum absolute atomic E-state index is 11.7. The van der Waals surface area contributed by atoms with Gasteiger partial charge in [-0.05, 0) is 45.4 Å². The van der Waals surface area contributed by atoms with E-state index in [0.29, 0.717) is 5.92 Å². The van der Waals surface area contributed by atoms with E-state index < -0.39 is 17.9 Å². The van der Waals surface area contributed by atoms with E-state index in [2.05, 4.69) is 17.6 Å². The van der Waals surface area contributed by atoms with E-state index in [1.165, 1.54) is 13.8 Å². The lowest BCUT2D eigenvalue weighted by molar-refractivity contribution is -0.133. The summed E-state index contributed by atoms with van der Waals surface area (Å²) in [4.78, 5) is 34.1. The van der Waals surface area contributed by atoms with Crippen molar-refractivity contribution in [2.45, 2.75) is 52.5 Å². The molecule has 0 radical (unpaired) electrons. The fraction of sp³-hybridized carbons (Fsp3) is 0.643. The third-order valence-electron chi connectivity index (χ3n) is 3.80. The second-order valence-electron chi connectivity index (χ2n) is 5.44. The molecule has 0 unspecified atom stereocenters. The van der Waals surface area contributed by atoms with Crippen LogP contribution in [-0.2, 0) is 9.59 Å². The fourth-order valence-electron chi connectivity index (χ4n) is 2.15. The van der Waals surface area contributed by atoms with E-state index in [0.717, 1.165) is 25.7 Å². The summed E-state index contributed by atoms with van der Waals surface area (Å²) in [7, 11) is 0. The van der Waals surface area contributed by atoms with Gasteiger partial charge in [0.1, 0.15) is 0 Å². The monoisotopic (exact) mass is 282 g/mol. The summed E-state index contributed by atoms with van der Waals surface area (Å²) in [6.07, 6.45) is 3.95. The van der Waals surface area contributed by atoms with Crippen LogP contribution in [0, 0.1) is 5.92 Å². The fourth-order valence-corrected chi connectivity index (χ4v) is 2.15. The summed E-state index contributed by atoms with van der Waals surface area (Å²) in [5.41, 5.74) is -0.0355. The van der Waals surface area contributed by atoms with Crippen molar-refractivity contribution in [1.29, 1.82) is 0 Å². The van der Waals surface area contributed by atoms with Gasteiger partial charge in [-0.2, -0.15) is 0 Å². The Kier molecular flexibility index (Phi) is 5.73. The smallest absolute Gasteiger partial charge is 0.331 e. The first-order valence-electron chi connectivity index (χ1n) is 6.83. The molecule has 3 N–H and O–H groups in total. The first kappa shape index (κ1) is 16.2. The van der Waals surface area contributed by atoms with Crippen molar-refractivity contribution >= 4 is 17.9 Å². The number of hydrogen-bond donors (Lipinski definition) is 3. The molecule has 0 spiro atoms. The lowest BCUT2D eigenvalue weighted by Gasteiger charge is -2.26. The molecule has 20 heavy (non-hydrogen) atoms. The molecular formula is C14H22N2O4. The molecule has 1 saturated carbocycles. The van der Waals surface area contributed by atoms with Crippen molar-refractivity contribution in [1.82, 2.24) is 10.6 Å². The highest BCUT2D eigenvalue weighted by Gasteiger charge is 2.21. The lowest BCUT2D eigenvalue weighted by Crippen LogP contribution is -2.46. The molecule has 3 amide bonds. The number of nitrogens with one attached hydrogen (secondary N) is 2. The maximum Gasteiger partial charge on any atom is 0.331 e. The van der Waals surface area contributed by atoms with Crippen LogP contribution >= 0.6 is 0 Å². The van der Waals surface area contributed by atoms with E-state index in [1.807, 2.05) is 0 Å². The number of urea groups is 1. The summed E-state index contributed by atoms with van der Waals surface area (Å²) in [6, 6.07) is -0.476. The molecule has 0 aliphatic heterocycles. The van der Waals surface area contributed by atoms with E-state index in [4.69, 9.17) is 5.11 Å². The molecule has 0 aromatic rings. The van der Waals surface area contributed by atoms with Crippen LogP contribution in [0.15, 0.2) is 11.1 Å². The van der Waals surface area contributed by atoms with Crippen LogP contribution in [0.5, 0.6) is 0 Å². The number of carbonyl (C=O) groups is 3. The van der Waals surface area contributed by atoms with Gasteiger partial charge in [0.15, 0.2) is 0 Å². The molecule has 0 heterocycles. The highest BCUT2D eigenvalue weighted by atomic mass is 16.4. The second-order valence-corrected chi connectivity index (χ2v) is 5.44. The molecule has 0 bridgehead atoms. The van der Waals surface area contributed by atoms with Gasteiger partial charge < -0.3 is 10.4 Å². The van der Waals surface area contributed by atoms with Crippen molar-refractivity contribution in [2.24, 2.45) is 5.92 Å². The maximum atomic E-state index is 11.7. The van der Waals surface area contributed by atoms with Crippen molar-refractivity contribution in [3.8, 4) is 0 Å². The summed E-state index contributed by atoms with van der Waals surface area (Å²) in [5.74, 6) is -1.16. The van der Waals surface area contributed by atoms with Crippen molar-refractivity contribution in [3.63, 3.8) is 0 Å². The minimum Gasteiger partial charge on any atom is -0.478 e. The predicted octanol–water partition coefficient (Wildman–Crippen LogP) is 1.81. The average molecular weight is 282 g/mol. The van der Waals surface area contributed by atoms with Gasteiger partial charge >= 0.3 is 12.0 Å². The van der Waals surface area contributed by atoms with E-state index in [-0.39, 0.29) is 17.2 Å². The molecule has 112 valence electrons. The topological polar surface area (TPSA) is 95.5 Å². The van der Waals surface area contributed by atoms with Crippen molar-refractivity contribution in [3.05, 3.63) is 11.1 Å². The molecular weight excluding hydrogens is 260 g/mol. The Morgan fingerprint density at radius 2 is 1.55 bits per heavy atom. The molecule has 0 atom stereocenters. The van der Waals surface area contributed by atoms with Gasteiger partial charge in [-0.15, -0.1) is 0 Å². The Bertz CT molecular complexity index is 434. The van der Waals surface area contributed by atoms with Crippen molar-refractivity contribution in [2.75, 3.05) is 0 Å². The largest absolute Gasteiger partial charge is 0.478 e. The minimum atomic E-state index is -1.17. The third-order valence-corrected chi connectivity index (χ3v) is 3.80. The number of amides is 3. The van der Waals surface area contributed by atoms with Gasteiger partial charge in [0.25, 0.3) is 5.91 Å². The Hall–Kier alpha value is -1.85.